The summed E-state index contributed by atoms with van der Waals surface area (Å²) < 4.78 is 0. The number of likely N-dealkylation sites (tertiary alicyclic amines) is 1. The van der Waals surface area contributed by atoms with E-state index in [1.165, 1.54) is 16.2 Å². The summed E-state index contributed by atoms with van der Waals surface area (Å²) in [6, 6.07) is 16.2. The molecule has 0 bridgehead atoms. The van der Waals surface area contributed by atoms with Crippen molar-refractivity contribution in [1.29, 1.82) is 0 Å². The maximum absolute atomic E-state index is 13.8. The first kappa shape index (κ1) is 28.3. The highest BCUT2D eigenvalue weighted by molar-refractivity contribution is 7.14. The summed E-state index contributed by atoms with van der Waals surface area (Å²) >= 11 is 1.53. The highest BCUT2D eigenvalue weighted by Crippen LogP contribution is 2.67. The molecule has 4 N–H and O–H groups in total. The van der Waals surface area contributed by atoms with Crippen LogP contribution in [0.15, 0.2) is 66.4 Å². The molecule has 2 aromatic carbocycles. The fourth-order valence-corrected chi connectivity index (χ4v) is 8.35. The van der Waals surface area contributed by atoms with E-state index in [4.69, 9.17) is 0 Å². The zero-order valence-electron chi connectivity index (χ0n) is 25.6. The lowest BCUT2D eigenvalue weighted by Crippen LogP contribution is -2.45. The zero-order valence-corrected chi connectivity index (χ0v) is 26.5. The Balaban J connectivity index is 1.02. The van der Waals surface area contributed by atoms with E-state index in [9.17, 15) is 24.3 Å². The van der Waals surface area contributed by atoms with Crippen molar-refractivity contribution in [3.05, 3.63) is 93.1 Å². The minimum atomic E-state index is -1.06. The Morgan fingerprint density at radius 3 is 2.43 bits per heavy atom. The lowest BCUT2D eigenvalue weighted by Gasteiger charge is -2.33. The quantitative estimate of drug-likeness (QED) is 0.168. The average molecular weight is 634 g/mol. The summed E-state index contributed by atoms with van der Waals surface area (Å²) in [5.74, 6) is -0.235. The van der Waals surface area contributed by atoms with Crippen LogP contribution in [0.25, 0.3) is 21.8 Å². The third kappa shape index (κ3) is 4.14. The summed E-state index contributed by atoms with van der Waals surface area (Å²) in [7, 11) is 0. The van der Waals surface area contributed by atoms with Crippen LogP contribution < -0.4 is 10.2 Å². The number of thiophene rings is 1. The third-order valence-corrected chi connectivity index (χ3v) is 10.5. The van der Waals surface area contributed by atoms with Gasteiger partial charge >= 0.3 is 6.09 Å². The van der Waals surface area contributed by atoms with E-state index >= 15 is 0 Å². The molecule has 4 heterocycles. The van der Waals surface area contributed by atoms with Gasteiger partial charge in [-0.15, -0.1) is 11.3 Å². The minimum Gasteiger partial charge on any atom is -0.465 e. The molecule has 232 valence electrons. The molecule has 1 saturated heterocycles. The molecule has 3 amide bonds. The maximum atomic E-state index is 13.8. The number of aromatic nitrogens is 2. The molecule has 46 heavy (non-hydrogen) atoms. The Hall–Kier alpha value is -5.16. The number of piperidine rings is 1. The molecule has 3 aromatic heterocycles. The lowest BCUT2D eigenvalue weighted by molar-refractivity contribution is 0.0806. The number of ketones is 1. The second-order valence-electron chi connectivity index (χ2n) is 13.5. The summed E-state index contributed by atoms with van der Waals surface area (Å²) in [5, 5.41) is 14.2. The third-order valence-electron chi connectivity index (χ3n) is 9.41. The van der Waals surface area contributed by atoms with Gasteiger partial charge in [0.15, 0.2) is 5.78 Å². The Morgan fingerprint density at radius 1 is 1.00 bits per heavy atom. The highest BCUT2D eigenvalue weighted by atomic mass is 32.1. The first-order valence-corrected chi connectivity index (χ1v) is 15.9. The van der Waals surface area contributed by atoms with Crippen LogP contribution in [-0.4, -0.2) is 55.7 Å². The van der Waals surface area contributed by atoms with Crippen molar-refractivity contribution < 1.29 is 24.3 Å². The van der Waals surface area contributed by atoms with Crippen molar-refractivity contribution in [3.63, 3.8) is 0 Å². The Labute approximate surface area is 267 Å². The van der Waals surface area contributed by atoms with E-state index in [1.54, 1.807) is 47.4 Å². The van der Waals surface area contributed by atoms with Gasteiger partial charge in [0.25, 0.3) is 11.8 Å². The fourth-order valence-electron chi connectivity index (χ4n) is 7.34. The number of hydrogen-bond donors (Lipinski definition) is 4. The fraction of sp³-hybridized carbons (Fsp3) is 0.257. The average Bonchev–Trinajstić information content (AvgIpc) is 3.42. The number of carbonyl (C=O) groups excluding carboxylic acids is 3. The molecule has 0 radical (unpaired) electrons. The van der Waals surface area contributed by atoms with Gasteiger partial charge in [0.05, 0.1) is 4.88 Å². The Bertz CT molecular complexity index is 2210. The number of rotatable bonds is 4. The van der Waals surface area contributed by atoms with Crippen molar-refractivity contribution in [2.75, 3.05) is 16.8 Å². The van der Waals surface area contributed by atoms with Crippen LogP contribution in [0.3, 0.4) is 0 Å². The van der Waals surface area contributed by atoms with Gasteiger partial charge in [0, 0.05) is 67.3 Å². The summed E-state index contributed by atoms with van der Waals surface area (Å²) in [6.07, 6.45) is 1.57. The van der Waals surface area contributed by atoms with Crippen LogP contribution in [0, 0.1) is 12.8 Å². The number of amides is 3. The first-order chi connectivity index (χ1) is 21.8. The monoisotopic (exact) mass is 633 g/mol. The predicted octanol–water partition coefficient (Wildman–Crippen LogP) is 7.05. The van der Waals surface area contributed by atoms with E-state index < -0.39 is 11.6 Å². The molecule has 8 rings (SSSR count). The van der Waals surface area contributed by atoms with Crippen LogP contribution in [0.5, 0.6) is 0 Å². The Morgan fingerprint density at radius 2 is 1.70 bits per heavy atom. The number of nitrogens with zero attached hydrogens (tertiary/aromatic N) is 2. The van der Waals surface area contributed by atoms with Crippen molar-refractivity contribution in [1.82, 2.24) is 14.9 Å². The standard InChI is InChI=1S/C35H31N5O5S/c1-17-9-23-30(46-17)28(41)14-29-35(23)15-20(35)16-39(29)32(43)27-13-18-10-21(5-7-24(18)38-27)36-31(42)26-12-19-11-22(6-8-25(19)37-26)40(33(44)45)34(2,3)4/h5-14,20,37-38H,15-16H2,1-4H3,(H,36,42)(H,44,45)/t20-,35-/m0/s1. The summed E-state index contributed by atoms with van der Waals surface area (Å²) in [6.45, 7) is 8.06. The molecule has 0 unspecified atom stereocenters. The summed E-state index contributed by atoms with van der Waals surface area (Å²) in [4.78, 5) is 63.2. The van der Waals surface area contributed by atoms with Gasteiger partial charge in [-0.05, 0) is 100 Å². The van der Waals surface area contributed by atoms with Gasteiger partial charge in [-0.3, -0.25) is 19.3 Å². The zero-order chi connectivity index (χ0) is 32.3. The number of aromatic amines is 2. The predicted molar refractivity (Wildman–Crippen MR) is 177 cm³/mol. The molecule has 1 spiro atoms. The van der Waals surface area contributed by atoms with Crippen molar-refractivity contribution in [2.45, 2.75) is 45.1 Å². The van der Waals surface area contributed by atoms with Gasteiger partial charge in [0.1, 0.15) is 11.4 Å². The van der Waals surface area contributed by atoms with Crippen LogP contribution in [0.4, 0.5) is 16.2 Å². The number of carboxylic acid groups (broad SMARTS) is 1. The van der Waals surface area contributed by atoms with E-state index in [-0.39, 0.29) is 23.0 Å². The number of H-pyrrole nitrogens is 2. The van der Waals surface area contributed by atoms with E-state index in [0.29, 0.717) is 46.1 Å². The second-order valence-corrected chi connectivity index (χ2v) is 14.7. The molecule has 2 fully saturated rings. The smallest absolute Gasteiger partial charge is 0.412 e. The van der Waals surface area contributed by atoms with Crippen LogP contribution >= 0.6 is 11.3 Å². The maximum Gasteiger partial charge on any atom is 0.412 e. The number of hydrogen-bond acceptors (Lipinski definition) is 5. The van der Waals surface area contributed by atoms with Gasteiger partial charge in [-0.2, -0.15) is 0 Å². The van der Waals surface area contributed by atoms with Crippen LogP contribution in [0.2, 0.25) is 0 Å². The minimum absolute atomic E-state index is 0.0290. The largest absolute Gasteiger partial charge is 0.465 e. The molecular weight excluding hydrogens is 602 g/mol. The van der Waals surface area contributed by atoms with Crippen molar-refractivity contribution in [2.24, 2.45) is 5.92 Å². The molecule has 11 heteroatoms. The molecule has 10 nitrogen and oxygen atoms in total. The van der Waals surface area contributed by atoms with Crippen LogP contribution in [0.1, 0.15) is 68.3 Å². The molecular formula is C35H31N5O5S. The molecule has 3 aliphatic rings. The number of nitrogens with one attached hydrogen (secondary N) is 3. The van der Waals surface area contributed by atoms with E-state index in [2.05, 4.69) is 21.4 Å². The number of allylic oxidation sites excluding steroid dienone is 2. The molecule has 2 atom stereocenters. The number of aryl methyl sites for hydroxylation is 1. The van der Waals surface area contributed by atoms with E-state index in [0.717, 1.165) is 38.3 Å². The first-order valence-electron chi connectivity index (χ1n) is 15.1. The lowest BCUT2D eigenvalue weighted by atomic mass is 9.86. The second kappa shape index (κ2) is 9.43. The molecule has 2 aliphatic carbocycles. The van der Waals surface area contributed by atoms with E-state index in [1.807, 2.05) is 39.8 Å². The molecule has 1 aliphatic heterocycles. The number of benzene rings is 2. The summed E-state index contributed by atoms with van der Waals surface area (Å²) in [5.41, 5.74) is 4.31. The van der Waals surface area contributed by atoms with Crippen molar-refractivity contribution in [3.8, 4) is 0 Å². The number of carbonyl (C=O) groups is 4. The SMILES string of the molecule is Cc1cc2c(s1)C(=O)C=C1N(C(=O)c3cc4cc(NC(=O)c5cc6cc(N(C(=O)O)C(C)(C)C)ccc6[nH]5)ccc4[nH]3)C[C@@H]3C[C@@]123. The number of fused-ring (bicyclic) bond motifs is 3. The Kier molecular flexibility index (Phi) is 5.81. The molecule has 1 saturated carbocycles. The van der Waals surface area contributed by atoms with Gasteiger partial charge in [0.2, 0.25) is 0 Å². The normalized spacial score (nSPS) is 19.9. The van der Waals surface area contributed by atoms with Crippen molar-refractivity contribution >= 4 is 68.2 Å². The van der Waals surface area contributed by atoms with Gasteiger partial charge in [-0.25, -0.2) is 4.79 Å². The highest BCUT2D eigenvalue weighted by Gasteiger charge is 2.67. The molecule has 5 aromatic rings. The van der Waals surface area contributed by atoms with Gasteiger partial charge in [-0.1, -0.05) is 0 Å². The van der Waals surface area contributed by atoms with Gasteiger partial charge < -0.3 is 25.3 Å². The number of anilines is 2. The topological polar surface area (TPSA) is 139 Å². The van der Waals surface area contributed by atoms with Crippen LogP contribution in [-0.2, 0) is 5.41 Å².